The van der Waals surface area contributed by atoms with Gasteiger partial charge in [0.1, 0.15) is 6.04 Å². The Kier molecular flexibility index (Phi) is 2.19. The molecule has 2 aliphatic rings. The van der Waals surface area contributed by atoms with E-state index < -0.39 is 0 Å². The minimum Gasteiger partial charge on any atom is -0.170 e. The zero-order valence-corrected chi connectivity index (χ0v) is 7.25. The van der Waals surface area contributed by atoms with Gasteiger partial charge in [-0.25, -0.2) is 0 Å². The van der Waals surface area contributed by atoms with Crippen LogP contribution in [0.15, 0.2) is 9.63 Å². The Morgan fingerprint density at radius 1 is 1.50 bits per heavy atom. The normalized spacial score (nSPS) is 33.8. The molecule has 0 aromatic carbocycles. The summed E-state index contributed by atoms with van der Waals surface area (Å²) in [7, 11) is 0. The summed E-state index contributed by atoms with van der Waals surface area (Å²) in [6.07, 6.45) is 2.68. The van der Waals surface area contributed by atoms with Crippen molar-refractivity contribution < 1.29 is 0 Å². The highest BCUT2D eigenvalue weighted by Crippen LogP contribution is 2.38. The molecule has 0 N–H and O–H groups in total. The zero-order valence-electron chi connectivity index (χ0n) is 5.62. The van der Waals surface area contributed by atoms with Gasteiger partial charge in [0.05, 0.1) is 0 Å². The van der Waals surface area contributed by atoms with Crippen LogP contribution >= 0.6 is 23.7 Å². The second kappa shape index (κ2) is 3.13. The summed E-state index contributed by atoms with van der Waals surface area (Å²) < 4.78 is 3.90. The molecule has 1 unspecified atom stereocenters. The molecule has 0 saturated carbocycles. The van der Waals surface area contributed by atoms with Crippen molar-refractivity contribution in [2.75, 3.05) is 11.5 Å². The molecule has 2 aliphatic heterocycles. The van der Waals surface area contributed by atoms with E-state index in [9.17, 15) is 0 Å². The van der Waals surface area contributed by atoms with Gasteiger partial charge in [-0.1, -0.05) is 0 Å². The summed E-state index contributed by atoms with van der Waals surface area (Å²) in [6.45, 7) is 0. The van der Waals surface area contributed by atoms with Gasteiger partial charge in [0.25, 0.3) is 0 Å². The molecule has 2 nitrogen and oxygen atoms in total. The van der Waals surface area contributed by atoms with Gasteiger partial charge in [-0.05, 0) is 30.5 Å². The van der Waals surface area contributed by atoms with E-state index in [1.54, 1.807) is 11.9 Å². The molecule has 0 aliphatic carbocycles. The van der Waals surface area contributed by atoms with E-state index in [-0.39, 0.29) is 0 Å². The van der Waals surface area contributed by atoms with Gasteiger partial charge in [-0.2, -0.15) is 16.9 Å². The van der Waals surface area contributed by atoms with Crippen molar-refractivity contribution in [3.8, 4) is 0 Å². The van der Waals surface area contributed by atoms with Crippen molar-refractivity contribution in [3.05, 3.63) is 6.04 Å². The molecule has 10 heavy (non-hydrogen) atoms. The van der Waals surface area contributed by atoms with Crippen LogP contribution in [0.2, 0.25) is 0 Å². The quantitative estimate of drug-likeness (QED) is 0.569. The highest BCUT2D eigenvalue weighted by atomic mass is 32.2. The first kappa shape index (κ1) is 6.98. The summed E-state index contributed by atoms with van der Waals surface area (Å²) in [5.74, 6) is 2.35. The van der Waals surface area contributed by atoms with Crippen LogP contribution in [0, 0.1) is 6.04 Å². The average molecular weight is 173 g/mol. The monoisotopic (exact) mass is 173 g/mol. The topological polar surface area (TPSA) is 24.7 Å². The lowest BCUT2D eigenvalue weighted by Gasteiger charge is -2.09. The van der Waals surface area contributed by atoms with Crippen LogP contribution in [0.1, 0.15) is 12.8 Å². The van der Waals surface area contributed by atoms with Crippen molar-refractivity contribution in [3.63, 3.8) is 0 Å². The Morgan fingerprint density at radius 2 is 2.50 bits per heavy atom. The molecule has 2 rings (SSSR count). The van der Waals surface area contributed by atoms with Crippen molar-refractivity contribution in [1.29, 1.82) is 0 Å². The Morgan fingerprint density at radius 3 is 3.10 bits per heavy atom. The summed E-state index contributed by atoms with van der Waals surface area (Å²) in [5.41, 5.74) is 0. The number of thioether (sulfide) groups is 1. The largest absolute Gasteiger partial charge is 0.170 e. The van der Waals surface area contributed by atoms with E-state index in [1.165, 1.54) is 24.6 Å². The predicted octanol–water partition coefficient (Wildman–Crippen LogP) is 2.53. The molecule has 0 spiro atoms. The number of rotatable bonds is 1. The molecular weight excluding hydrogens is 164 g/mol. The Balaban J connectivity index is 1.91. The molecule has 0 bridgehead atoms. The van der Waals surface area contributed by atoms with Crippen LogP contribution in [0.4, 0.5) is 0 Å². The first-order valence-electron chi connectivity index (χ1n) is 3.47. The number of hydrogen-bond acceptors (Lipinski definition) is 4. The highest BCUT2D eigenvalue weighted by Gasteiger charge is 2.28. The third kappa shape index (κ3) is 1.32. The van der Waals surface area contributed by atoms with E-state index >= 15 is 0 Å². The van der Waals surface area contributed by atoms with Crippen molar-refractivity contribution in [2.24, 2.45) is 9.63 Å². The number of nitrogens with zero attached hydrogens (tertiary/aromatic N) is 2. The summed E-state index contributed by atoms with van der Waals surface area (Å²) in [5, 5.41) is 4.81. The lowest BCUT2D eigenvalue weighted by Crippen LogP contribution is -2.08. The van der Waals surface area contributed by atoms with Gasteiger partial charge < -0.3 is 0 Å². The van der Waals surface area contributed by atoms with Crippen molar-refractivity contribution in [1.82, 2.24) is 0 Å². The van der Waals surface area contributed by atoms with Gasteiger partial charge in [-0.3, -0.25) is 0 Å². The molecule has 1 atom stereocenters. The van der Waals surface area contributed by atoms with E-state index in [0.29, 0.717) is 5.25 Å². The van der Waals surface area contributed by atoms with Crippen LogP contribution < -0.4 is 0 Å². The molecule has 0 aromatic heterocycles. The predicted molar refractivity (Wildman–Crippen MR) is 46.0 cm³/mol. The Bertz CT molecular complexity index is 143. The first-order valence-corrected chi connectivity index (χ1v) is 5.46. The average Bonchev–Trinajstić information content (AvgIpc) is 2.59. The maximum Gasteiger partial charge on any atom is 0.134 e. The van der Waals surface area contributed by atoms with E-state index in [4.69, 9.17) is 0 Å². The van der Waals surface area contributed by atoms with Crippen LogP contribution in [-0.2, 0) is 0 Å². The van der Waals surface area contributed by atoms with Gasteiger partial charge in [0.2, 0.25) is 0 Å². The van der Waals surface area contributed by atoms with E-state index in [2.05, 4.69) is 9.63 Å². The van der Waals surface area contributed by atoms with E-state index in [1.807, 2.05) is 11.8 Å². The number of hydrogen-bond donors (Lipinski definition) is 0. The molecule has 1 fully saturated rings. The van der Waals surface area contributed by atoms with E-state index in [0.717, 1.165) is 5.75 Å². The van der Waals surface area contributed by atoms with Crippen LogP contribution in [0.25, 0.3) is 0 Å². The molecule has 4 heteroatoms. The van der Waals surface area contributed by atoms with Crippen LogP contribution in [0.3, 0.4) is 0 Å². The molecule has 0 aromatic rings. The zero-order chi connectivity index (χ0) is 6.81. The van der Waals surface area contributed by atoms with Crippen molar-refractivity contribution >= 4 is 23.7 Å². The molecule has 1 radical (unpaired) electrons. The summed E-state index contributed by atoms with van der Waals surface area (Å²) in [6, 6.07) is 1.31. The summed E-state index contributed by atoms with van der Waals surface area (Å²) >= 11 is 3.61. The maximum absolute atomic E-state index is 4.10. The van der Waals surface area contributed by atoms with Gasteiger partial charge in [0.15, 0.2) is 0 Å². The molecule has 55 valence electrons. The molecule has 2 heterocycles. The first-order chi connectivity index (χ1) is 4.97. The molecular formula is C6H9N2S2. The Hall–Kier alpha value is 0.300. The second-order valence-corrected chi connectivity index (χ2v) is 4.47. The van der Waals surface area contributed by atoms with Crippen molar-refractivity contribution in [2.45, 2.75) is 18.1 Å². The Labute approximate surface area is 69.4 Å². The third-order valence-corrected chi connectivity index (χ3v) is 3.80. The summed E-state index contributed by atoms with van der Waals surface area (Å²) in [4.78, 5) is 0. The van der Waals surface area contributed by atoms with Gasteiger partial charge in [-0.15, -0.1) is 4.52 Å². The minimum absolute atomic E-state index is 0.707. The van der Waals surface area contributed by atoms with Crippen LogP contribution in [-0.4, -0.2) is 16.8 Å². The third-order valence-electron chi connectivity index (χ3n) is 1.74. The smallest absolute Gasteiger partial charge is 0.134 e. The standard InChI is InChI=1S/C6H9N2S2/c1-2-6(9-3-1)5-4-10-8-7-5/h6H,1-4H2. The van der Waals surface area contributed by atoms with Crippen LogP contribution in [0.5, 0.6) is 0 Å². The van der Waals surface area contributed by atoms with Gasteiger partial charge in [0, 0.05) is 11.0 Å². The SMILES string of the molecule is C1CSC([C]2CSN=N2)C1. The highest BCUT2D eigenvalue weighted by molar-refractivity contribution is 8.00. The fourth-order valence-electron chi connectivity index (χ4n) is 1.20. The second-order valence-electron chi connectivity index (χ2n) is 2.45. The maximum atomic E-state index is 4.10. The lowest BCUT2D eigenvalue weighted by molar-refractivity contribution is 0.772. The minimum atomic E-state index is 0.707. The lowest BCUT2D eigenvalue weighted by atomic mass is 10.1. The fraction of sp³-hybridized carbons (Fsp3) is 0.833. The van der Waals surface area contributed by atoms with Gasteiger partial charge >= 0.3 is 0 Å². The fourth-order valence-corrected chi connectivity index (χ4v) is 3.19. The molecule has 1 saturated heterocycles. The molecule has 0 amide bonds.